The van der Waals surface area contributed by atoms with Crippen molar-refractivity contribution >= 4 is 15.9 Å². The molecule has 1 aromatic rings. The smallest absolute Gasteiger partial charge is 0.174 e. The van der Waals surface area contributed by atoms with Crippen LogP contribution < -0.4 is 0 Å². The Hall–Kier alpha value is -0.320. The molecule has 17 heavy (non-hydrogen) atoms. The number of ether oxygens (including phenoxy) is 1. The van der Waals surface area contributed by atoms with Gasteiger partial charge in [0.1, 0.15) is 0 Å². The molecule has 0 radical (unpaired) electrons. The summed E-state index contributed by atoms with van der Waals surface area (Å²) in [4.78, 5) is 0. The molecule has 0 aliphatic carbocycles. The van der Waals surface area contributed by atoms with Crippen LogP contribution in [0, 0.1) is 5.92 Å². The molecule has 1 fully saturated rings. The van der Waals surface area contributed by atoms with Gasteiger partial charge in [0.2, 0.25) is 0 Å². The average Bonchev–Trinajstić information content (AvgIpc) is 2.66. The minimum absolute atomic E-state index is 0.0615. The van der Waals surface area contributed by atoms with E-state index in [2.05, 4.69) is 29.8 Å². The van der Waals surface area contributed by atoms with E-state index in [-0.39, 0.29) is 17.1 Å². The number of aliphatic hydroxyl groups excluding tert-OH is 1. The first-order valence-corrected chi connectivity index (χ1v) is 6.63. The van der Waals surface area contributed by atoms with E-state index in [1.807, 2.05) is 13.8 Å². The highest BCUT2D eigenvalue weighted by Gasteiger charge is 2.49. The van der Waals surface area contributed by atoms with E-state index >= 15 is 0 Å². The largest absolute Gasteiger partial charge is 0.457 e. The van der Waals surface area contributed by atoms with Crippen molar-refractivity contribution in [1.82, 2.24) is 0 Å². The van der Waals surface area contributed by atoms with Crippen molar-refractivity contribution in [2.75, 3.05) is 0 Å². The van der Waals surface area contributed by atoms with E-state index < -0.39 is 6.10 Å². The number of aliphatic hydroxyl groups is 1. The van der Waals surface area contributed by atoms with E-state index in [0.717, 1.165) is 12.0 Å². The first-order valence-electron chi connectivity index (χ1n) is 5.84. The third-order valence-corrected chi connectivity index (χ3v) is 4.13. The topological polar surface area (TPSA) is 42.6 Å². The molecule has 1 aromatic heterocycles. The highest BCUT2D eigenvalue weighted by atomic mass is 79.9. The van der Waals surface area contributed by atoms with Crippen LogP contribution in [0.3, 0.4) is 0 Å². The molecule has 0 bridgehead atoms. The number of halogens is 1. The maximum absolute atomic E-state index is 10.5. The molecular weight excluding hydrogens is 284 g/mol. The molecule has 1 aliphatic rings. The Bertz CT molecular complexity index is 409. The van der Waals surface area contributed by atoms with E-state index in [1.54, 1.807) is 12.3 Å². The highest BCUT2D eigenvalue weighted by Crippen LogP contribution is 2.48. The second-order valence-electron chi connectivity index (χ2n) is 5.87. The monoisotopic (exact) mass is 302 g/mol. The van der Waals surface area contributed by atoms with Gasteiger partial charge in [-0.15, -0.1) is 0 Å². The van der Waals surface area contributed by atoms with Gasteiger partial charge in [0.05, 0.1) is 23.6 Å². The summed E-state index contributed by atoms with van der Waals surface area (Å²) >= 11 is 3.31. The summed E-state index contributed by atoms with van der Waals surface area (Å²) in [5.41, 5.74) is 0.273. The van der Waals surface area contributed by atoms with Gasteiger partial charge in [0.25, 0.3) is 0 Å². The van der Waals surface area contributed by atoms with Gasteiger partial charge in [-0.2, -0.15) is 0 Å². The molecule has 2 atom stereocenters. The zero-order valence-electron chi connectivity index (χ0n) is 10.7. The molecule has 1 N–H and O–H groups in total. The third-order valence-electron chi connectivity index (χ3n) is 3.49. The van der Waals surface area contributed by atoms with Gasteiger partial charge in [-0.3, -0.25) is 0 Å². The van der Waals surface area contributed by atoms with Crippen LogP contribution in [0.15, 0.2) is 21.4 Å². The van der Waals surface area contributed by atoms with Crippen LogP contribution in [0.2, 0.25) is 0 Å². The van der Waals surface area contributed by atoms with Gasteiger partial charge in [-0.05, 0) is 56.1 Å². The molecule has 2 rings (SSSR count). The van der Waals surface area contributed by atoms with Crippen LogP contribution >= 0.6 is 15.9 Å². The molecule has 3 nitrogen and oxygen atoms in total. The molecule has 0 aromatic carbocycles. The lowest BCUT2D eigenvalue weighted by molar-refractivity contribution is -0.0881. The summed E-state index contributed by atoms with van der Waals surface area (Å²) in [6, 6.07) is 1.80. The molecule has 96 valence electrons. The molecule has 0 amide bonds. The third kappa shape index (κ3) is 2.44. The van der Waals surface area contributed by atoms with E-state index in [0.29, 0.717) is 4.67 Å². The van der Waals surface area contributed by atoms with E-state index in [9.17, 15) is 5.11 Å². The van der Waals surface area contributed by atoms with Gasteiger partial charge in [0.15, 0.2) is 4.67 Å². The van der Waals surface area contributed by atoms with Crippen LogP contribution in [0.4, 0.5) is 0 Å². The first kappa shape index (κ1) is 13.1. The van der Waals surface area contributed by atoms with Gasteiger partial charge < -0.3 is 14.3 Å². The second-order valence-corrected chi connectivity index (χ2v) is 6.59. The predicted molar refractivity (Wildman–Crippen MR) is 68.7 cm³/mol. The van der Waals surface area contributed by atoms with Gasteiger partial charge >= 0.3 is 0 Å². The standard InChI is InChI=1S/C13H19BrO3/c1-12(2)7-9(13(3,4)17-12)10(15)8-5-6-16-11(8)14/h5-6,9-10,15H,7H2,1-4H3. The van der Waals surface area contributed by atoms with Crippen LogP contribution in [-0.2, 0) is 4.74 Å². The lowest BCUT2D eigenvalue weighted by Crippen LogP contribution is -2.32. The maximum Gasteiger partial charge on any atom is 0.174 e. The molecule has 2 unspecified atom stereocenters. The van der Waals surface area contributed by atoms with Crippen molar-refractivity contribution < 1.29 is 14.3 Å². The molecular formula is C13H19BrO3. The minimum atomic E-state index is -0.570. The number of hydrogen-bond donors (Lipinski definition) is 1. The Morgan fingerprint density at radius 1 is 1.41 bits per heavy atom. The summed E-state index contributed by atoms with van der Waals surface area (Å²) in [7, 11) is 0. The zero-order valence-corrected chi connectivity index (χ0v) is 12.2. The molecule has 4 heteroatoms. The molecule has 2 heterocycles. The van der Waals surface area contributed by atoms with Crippen molar-refractivity contribution in [2.24, 2.45) is 5.92 Å². The zero-order chi connectivity index (χ0) is 12.8. The fourth-order valence-electron chi connectivity index (χ4n) is 2.83. The van der Waals surface area contributed by atoms with Gasteiger partial charge in [0, 0.05) is 11.5 Å². The summed E-state index contributed by atoms with van der Waals surface area (Å²) in [6.07, 6.45) is 1.84. The van der Waals surface area contributed by atoms with E-state index in [1.165, 1.54) is 0 Å². The van der Waals surface area contributed by atoms with Crippen molar-refractivity contribution in [1.29, 1.82) is 0 Å². The van der Waals surface area contributed by atoms with Crippen molar-refractivity contribution in [3.63, 3.8) is 0 Å². The number of hydrogen-bond acceptors (Lipinski definition) is 3. The summed E-state index contributed by atoms with van der Waals surface area (Å²) in [5, 5.41) is 10.5. The lowest BCUT2D eigenvalue weighted by Gasteiger charge is -2.30. The Morgan fingerprint density at radius 2 is 2.06 bits per heavy atom. The molecule has 1 saturated heterocycles. The first-order chi connectivity index (χ1) is 7.73. The molecule has 0 spiro atoms. The molecule has 0 saturated carbocycles. The van der Waals surface area contributed by atoms with Crippen LogP contribution in [-0.4, -0.2) is 16.3 Å². The van der Waals surface area contributed by atoms with Crippen molar-refractivity contribution in [3.05, 3.63) is 22.6 Å². The normalized spacial score (nSPS) is 28.2. The van der Waals surface area contributed by atoms with Gasteiger partial charge in [-0.25, -0.2) is 0 Å². The fraction of sp³-hybridized carbons (Fsp3) is 0.692. The molecule has 1 aliphatic heterocycles. The minimum Gasteiger partial charge on any atom is -0.457 e. The van der Waals surface area contributed by atoms with Gasteiger partial charge in [-0.1, -0.05) is 0 Å². The van der Waals surface area contributed by atoms with Crippen molar-refractivity contribution in [3.8, 4) is 0 Å². The van der Waals surface area contributed by atoms with E-state index in [4.69, 9.17) is 9.15 Å². The van der Waals surface area contributed by atoms with Crippen LogP contribution in [0.1, 0.15) is 45.8 Å². The average molecular weight is 303 g/mol. The second kappa shape index (κ2) is 4.11. The summed E-state index contributed by atoms with van der Waals surface area (Å²) in [6.45, 7) is 8.19. The Labute approximate surface area is 110 Å². The Morgan fingerprint density at radius 3 is 2.47 bits per heavy atom. The summed E-state index contributed by atoms with van der Waals surface area (Å²) in [5.74, 6) is 0.0615. The quantitative estimate of drug-likeness (QED) is 0.906. The Kier molecular flexibility index (Phi) is 3.17. The predicted octanol–water partition coefficient (Wildman–Crippen LogP) is 3.67. The number of furan rings is 1. The Balaban J connectivity index is 2.26. The van der Waals surface area contributed by atoms with Crippen LogP contribution in [0.25, 0.3) is 0 Å². The SMILES string of the molecule is CC1(C)CC(C(O)c2ccoc2Br)C(C)(C)O1. The fourth-order valence-corrected chi connectivity index (χ4v) is 3.30. The highest BCUT2D eigenvalue weighted by molar-refractivity contribution is 9.10. The lowest BCUT2D eigenvalue weighted by atomic mass is 9.81. The summed E-state index contributed by atoms with van der Waals surface area (Å²) < 4.78 is 11.8. The maximum atomic E-state index is 10.5. The number of rotatable bonds is 2. The van der Waals surface area contributed by atoms with Crippen molar-refractivity contribution in [2.45, 2.75) is 51.4 Å². The van der Waals surface area contributed by atoms with Crippen LogP contribution in [0.5, 0.6) is 0 Å².